The van der Waals surface area contributed by atoms with Gasteiger partial charge in [-0.2, -0.15) is 0 Å². The lowest BCUT2D eigenvalue weighted by Gasteiger charge is -2.37. The van der Waals surface area contributed by atoms with Gasteiger partial charge in [0.05, 0.1) is 0 Å². The maximum absolute atomic E-state index is 9.35. The molecule has 1 heteroatoms. The first-order valence-electron chi connectivity index (χ1n) is 8.78. The highest BCUT2D eigenvalue weighted by atomic mass is 16.3. The van der Waals surface area contributed by atoms with E-state index in [-0.39, 0.29) is 0 Å². The summed E-state index contributed by atoms with van der Waals surface area (Å²) in [6.45, 7) is 16.6. The average Bonchev–Trinajstić information content (AvgIpc) is 2.37. The summed E-state index contributed by atoms with van der Waals surface area (Å²) in [7, 11) is 0. The topological polar surface area (TPSA) is 20.2 Å². The van der Waals surface area contributed by atoms with E-state index in [0.29, 0.717) is 16.6 Å². The SMILES string of the molecule is CC(CC(CCCc1ccc(O)cc1)C(C)(C)C)C(C)(C)C. The molecule has 0 fully saturated rings. The molecule has 0 spiro atoms. The molecule has 1 nitrogen and oxygen atoms in total. The minimum atomic E-state index is 0.357. The van der Waals surface area contributed by atoms with E-state index >= 15 is 0 Å². The first-order valence-corrected chi connectivity index (χ1v) is 8.78. The van der Waals surface area contributed by atoms with Crippen LogP contribution in [0.25, 0.3) is 0 Å². The highest BCUT2D eigenvalue weighted by molar-refractivity contribution is 5.25. The molecular formula is C21H36O. The van der Waals surface area contributed by atoms with Gasteiger partial charge in [0.15, 0.2) is 0 Å². The molecule has 0 heterocycles. The van der Waals surface area contributed by atoms with Gasteiger partial charge in [0.1, 0.15) is 5.75 Å². The van der Waals surface area contributed by atoms with Gasteiger partial charge in [-0.25, -0.2) is 0 Å². The van der Waals surface area contributed by atoms with E-state index in [1.165, 1.54) is 24.8 Å². The van der Waals surface area contributed by atoms with Crippen molar-refractivity contribution in [2.24, 2.45) is 22.7 Å². The van der Waals surface area contributed by atoms with Crippen LogP contribution < -0.4 is 0 Å². The Morgan fingerprint density at radius 1 is 0.909 bits per heavy atom. The van der Waals surface area contributed by atoms with Crippen LogP contribution in [0.4, 0.5) is 0 Å². The minimum absolute atomic E-state index is 0.357. The Bertz CT molecular complexity index is 430. The van der Waals surface area contributed by atoms with Crippen molar-refractivity contribution in [3.63, 3.8) is 0 Å². The lowest BCUT2D eigenvalue weighted by molar-refractivity contribution is 0.135. The van der Waals surface area contributed by atoms with Crippen molar-refractivity contribution in [3.8, 4) is 5.75 Å². The Balaban J connectivity index is 2.57. The summed E-state index contributed by atoms with van der Waals surface area (Å²) in [5.74, 6) is 1.86. The van der Waals surface area contributed by atoms with Crippen molar-refractivity contribution in [1.82, 2.24) is 0 Å². The second kappa shape index (κ2) is 7.53. The molecule has 0 aliphatic rings. The van der Waals surface area contributed by atoms with Crippen LogP contribution in [0.15, 0.2) is 24.3 Å². The number of aromatic hydroxyl groups is 1. The smallest absolute Gasteiger partial charge is 0.115 e. The molecule has 2 atom stereocenters. The van der Waals surface area contributed by atoms with Gasteiger partial charge >= 0.3 is 0 Å². The Morgan fingerprint density at radius 3 is 1.91 bits per heavy atom. The summed E-state index contributed by atoms with van der Waals surface area (Å²) < 4.78 is 0. The van der Waals surface area contributed by atoms with E-state index in [4.69, 9.17) is 0 Å². The maximum atomic E-state index is 9.35. The Labute approximate surface area is 138 Å². The van der Waals surface area contributed by atoms with Crippen molar-refractivity contribution in [2.75, 3.05) is 0 Å². The number of aryl methyl sites for hydroxylation is 1. The molecule has 0 saturated heterocycles. The summed E-state index contributed by atoms with van der Waals surface area (Å²) in [5, 5.41) is 9.35. The van der Waals surface area contributed by atoms with Crippen molar-refractivity contribution < 1.29 is 5.11 Å². The number of rotatable bonds is 6. The van der Waals surface area contributed by atoms with Gasteiger partial charge in [-0.05, 0) is 66.0 Å². The lowest BCUT2D eigenvalue weighted by atomic mass is 9.68. The van der Waals surface area contributed by atoms with E-state index < -0.39 is 0 Å². The molecule has 0 aliphatic heterocycles. The van der Waals surface area contributed by atoms with E-state index in [0.717, 1.165) is 18.3 Å². The predicted octanol–water partition coefficient (Wildman–Crippen LogP) is 6.45. The standard InChI is InChI=1S/C21H36O/c1-16(20(2,3)4)15-18(21(5,6)7)10-8-9-17-11-13-19(22)14-12-17/h11-14,16,18,22H,8-10,15H2,1-7H3. The van der Waals surface area contributed by atoms with E-state index in [1.807, 2.05) is 12.1 Å². The van der Waals surface area contributed by atoms with Crippen LogP contribution in [0.1, 0.15) is 73.3 Å². The fraction of sp³-hybridized carbons (Fsp3) is 0.714. The number of phenolic OH excluding ortho intramolecular Hbond substituents is 1. The number of hydrogen-bond donors (Lipinski definition) is 1. The van der Waals surface area contributed by atoms with Gasteiger partial charge in [-0.3, -0.25) is 0 Å². The van der Waals surface area contributed by atoms with E-state index in [9.17, 15) is 5.11 Å². The molecule has 0 aliphatic carbocycles. The molecule has 126 valence electrons. The van der Waals surface area contributed by atoms with Gasteiger partial charge in [-0.15, -0.1) is 0 Å². The maximum Gasteiger partial charge on any atom is 0.115 e. The molecule has 1 rings (SSSR count). The van der Waals surface area contributed by atoms with Crippen LogP contribution in [0, 0.1) is 22.7 Å². The first-order chi connectivity index (χ1) is 10.00. The first kappa shape index (κ1) is 19.1. The van der Waals surface area contributed by atoms with E-state index in [1.54, 1.807) is 12.1 Å². The molecule has 0 saturated carbocycles. The van der Waals surface area contributed by atoms with E-state index in [2.05, 4.69) is 48.5 Å². The molecule has 1 N–H and O–H groups in total. The molecule has 0 radical (unpaired) electrons. The van der Waals surface area contributed by atoms with Crippen LogP contribution in [-0.2, 0) is 6.42 Å². The summed E-state index contributed by atoms with van der Waals surface area (Å²) in [6, 6.07) is 7.66. The summed E-state index contributed by atoms with van der Waals surface area (Å²) in [5.41, 5.74) is 2.09. The summed E-state index contributed by atoms with van der Waals surface area (Å²) in [6.07, 6.45) is 4.92. The predicted molar refractivity (Wildman–Crippen MR) is 97.2 cm³/mol. The van der Waals surface area contributed by atoms with Crippen LogP contribution in [0.2, 0.25) is 0 Å². The number of hydrogen-bond acceptors (Lipinski definition) is 1. The number of phenols is 1. The zero-order chi connectivity index (χ0) is 17.0. The molecule has 1 aromatic carbocycles. The zero-order valence-electron chi connectivity index (χ0n) is 15.7. The van der Waals surface area contributed by atoms with Crippen molar-refractivity contribution in [3.05, 3.63) is 29.8 Å². The van der Waals surface area contributed by atoms with Crippen LogP contribution in [0.5, 0.6) is 5.75 Å². The van der Waals surface area contributed by atoms with Crippen molar-refractivity contribution in [1.29, 1.82) is 0 Å². The van der Waals surface area contributed by atoms with Gasteiger partial charge < -0.3 is 5.11 Å². The monoisotopic (exact) mass is 304 g/mol. The second-order valence-electron chi connectivity index (χ2n) is 9.12. The van der Waals surface area contributed by atoms with Crippen LogP contribution in [-0.4, -0.2) is 5.11 Å². The third-order valence-electron chi connectivity index (χ3n) is 5.30. The largest absolute Gasteiger partial charge is 0.508 e. The highest BCUT2D eigenvalue weighted by Gasteiger charge is 2.29. The second-order valence-corrected chi connectivity index (χ2v) is 9.12. The van der Waals surface area contributed by atoms with Crippen LogP contribution in [0.3, 0.4) is 0 Å². The molecule has 22 heavy (non-hydrogen) atoms. The molecule has 0 bridgehead atoms. The fourth-order valence-corrected chi connectivity index (χ4v) is 2.90. The summed E-state index contributed by atoms with van der Waals surface area (Å²) >= 11 is 0. The van der Waals surface area contributed by atoms with Gasteiger partial charge in [0, 0.05) is 0 Å². The summed E-state index contributed by atoms with van der Waals surface area (Å²) in [4.78, 5) is 0. The molecule has 2 unspecified atom stereocenters. The molecule has 0 amide bonds. The quantitative estimate of drug-likeness (QED) is 0.640. The highest BCUT2D eigenvalue weighted by Crippen LogP contribution is 2.40. The minimum Gasteiger partial charge on any atom is -0.508 e. The van der Waals surface area contributed by atoms with Gasteiger partial charge in [0.25, 0.3) is 0 Å². The van der Waals surface area contributed by atoms with Crippen molar-refractivity contribution in [2.45, 2.75) is 74.1 Å². The Hall–Kier alpha value is -0.980. The molecule has 1 aromatic rings. The third kappa shape index (κ3) is 6.42. The number of benzene rings is 1. The van der Waals surface area contributed by atoms with Gasteiger partial charge in [0.2, 0.25) is 0 Å². The fourth-order valence-electron chi connectivity index (χ4n) is 2.90. The normalized spacial score (nSPS) is 15.6. The van der Waals surface area contributed by atoms with Gasteiger partial charge in [-0.1, -0.05) is 60.6 Å². The average molecular weight is 305 g/mol. The Morgan fingerprint density at radius 2 is 1.45 bits per heavy atom. The third-order valence-corrected chi connectivity index (χ3v) is 5.30. The molecular weight excluding hydrogens is 268 g/mol. The Kier molecular flexibility index (Phi) is 6.52. The van der Waals surface area contributed by atoms with Crippen molar-refractivity contribution >= 4 is 0 Å². The lowest BCUT2D eigenvalue weighted by Crippen LogP contribution is -2.27. The zero-order valence-corrected chi connectivity index (χ0v) is 15.7. The van der Waals surface area contributed by atoms with Crippen LogP contribution >= 0.6 is 0 Å². The molecule has 0 aromatic heterocycles.